The van der Waals surface area contributed by atoms with Crippen LogP contribution in [0.2, 0.25) is 0 Å². The zero-order valence-electron chi connectivity index (χ0n) is 22.4. The Hall–Kier alpha value is -3.89. The van der Waals surface area contributed by atoms with Gasteiger partial charge in [0.05, 0.1) is 0 Å². The Morgan fingerprint density at radius 2 is 1.90 bits per heavy atom. The summed E-state index contributed by atoms with van der Waals surface area (Å²) >= 11 is 0. The third kappa shape index (κ3) is 4.93. The van der Waals surface area contributed by atoms with Gasteiger partial charge in [-0.2, -0.15) is 8.78 Å². The third-order valence-electron chi connectivity index (χ3n) is 8.56. The number of aromatic nitrogens is 6. The van der Waals surface area contributed by atoms with Gasteiger partial charge in [-0.25, -0.2) is 19.7 Å². The number of alkyl halides is 2. The van der Waals surface area contributed by atoms with Crippen molar-refractivity contribution in [3.8, 4) is 11.6 Å². The van der Waals surface area contributed by atoms with E-state index in [4.69, 9.17) is 0 Å². The van der Waals surface area contributed by atoms with E-state index in [2.05, 4.69) is 48.4 Å². The summed E-state index contributed by atoms with van der Waals surface area (Å²) in [7, 11) is 0. The minimum Gasteiger partial charge on any atom is -0.365 e. The molecule has 1 unspecified atom stereocenters. The smallest absolute Gasteiger partial charge is 0.365 e. The van der Waals surface area contributed by atoms with Gasteiger partial charge in [-0.05, 0) is 63.2 Å². The zero-order valence-corrected chi connectivity index (χ0v) is 22.4. The number of rotatable bonds is 9. The van der Waals surface area contributed by atoms with Crippen molar-refractivity contribution >= 4 is 17.0 Å². The molecule has 3 aromatic heterocycles. The highest BCUT2D eigenvalue weighted by Crippen LogP contribution is 2.40. The van der Waals surface area contributed by atoms with Crippen molar-refractivity contribution in [2.45, 2.75) is 70.4 Å². The van der Waals surface area contributed by atoms with E-state index in [-0.39, 0.29) is 40.6 Å². The Kier molecular flexibility index (Phi) is 6.97. The van der Waals surface area contributed by atoms with Crippen molar-refractivity contribution in [2.75, 3.05) is 5.32 Å². The first-order valence-electron chi connectivity index (χ1n) is 14.0. The second kappa shape index (κ2) is 10.6. The van der Waals surface area contributed by atoms with E-state index in [0.717, 1.165) is 38.5 Å². The van der Waals surface area contributed by atoms with Crippen LogP contribution in [0.15, 0.2) is 52.3 Å². The minimum atomic E-state index is -3.38. The minimum absolute atomic E-state index is 0.0138. The van der Waals surface area contributed by atoms with Gasteiger partial charge in [0.2, 0.25) is 11.6 Å². The predicted octanol–water partition coefficient (Wildman–Crippen LogP) is 5.90. The lowest BCUT2D eigenvalue weighted by atomic mass is 9.80. The fraction of sp³-hybridized carbons (Fsp3) is 0.483. The summed E-state index contributed by atoms with van der Waals surface area (Å²) in [5.41, 5.74) is 0.396. The number of aromatic amines is 1. The van der Waals surface area contributed by atoms with Gasteiger partial charge in [0.15, 0.2) is 17.3 Å². The molecule has 11 heteroatoms. The first-order chi connectivity index (χ1) is 19.3. The van der Waals surface area contributed by atoms with E-state index in [1.54, 1.807) is 22.8 Å². The molecule has 9 nitrogen and oxygen atoms in total. The van der Waals surface area contributed by atoms with Gasteiger partial charge < -0.3 is 9.88 Å². The summed E-state index contributed by atoms with van der Waals surface area (Å²) in [5.74, 6) is -2.94. The van der Waals surface area contributed by atoms with Crippen LogP contribution >= 0.6 is 0 Å². The van der Waals surface area contributed by atoms with Crippen molar-refractivity contribution in [3.63, 3.8) is 0 Å². The molecule has 1 aromatic carbocycles. The van der Waals surface area contributed by atoms with E-state index < -0.39 is 11.7 Å². The molecule has 3 heterocycles. The maximum Gasteiger partial charge on any atom is 0.439 e. The second-order valence-corrected chi connectivity index (χ2v) is 11.1. The van der Waals surface area contributed by atoms with Crippen LogP contribution < -0.4 is 11.1 Å². The highest BCUT2D eigenvalue weighted by atomic mass is 19.3. The molecular weight excluding hydrogens is 516 g/mol. The van der Waals surface area contributed by atoms with Gasteiger partial charge in [0, 0.05) is 18.2 Å². The molecule has 1 atom stereocenters. The molecule has 210 valence electrons. The molecule has 0 amide bonds. The quantitative estimate of drug-likeness (QED) is 0.250. The normalized spacial score (nSPS) is 20.8. The predicted molar refractivity (Wildman–Crippen MR) is 147 cm³/mol. The maximum absolute atomic E-state index is 16.2. The molecule has 0 saturated heterocycles. The van der Waals surface area contributed by atoms with Crippen LogP contribution in [0.25, 0.3) is 22.8 Å². The molecule has 0 bridgehead atoms. The van der Waals surface area contributed by atoms with Crippen LogP contribution in [0.1, 0.15) is 63.3 Å². The molecule has 0 aliphatic heterocycles. The van der Waals surface area contributed by atoms with E-state index in [9.17, 15) is 4.79 Å². The second-order valence-electron chi connectivity index (χ2n) is 11.1. The first kappa shape index (κ1) is 26.3. The number of hydrogen-bond donors (Lipinski definition) is 2. The van der Waals surface area contributed by atoms with E-state index >= 15 is 8.78 Å². The van der Waals surface area contributed by atoms with E-state index in [0.29, 0.717) is 29.7 Å². The largest absolute Gasteiger partial charge is 0.439 e. The van der Waals surface area contributed by atoms with Crippen LogP contribution in [0, 0.1) is 17.8 Å². The first-order valence-corrected chi connectivity index (χ1v) is 14.0. The monoisotopic (exact) mass is 549 g/mol. The van der Waals surface area contributed by atoms with E-state index in [1.807, 2.05) is 6.08 Å². The van der Waals surface area contributed by atoms with Gasteiger partial charge in [-0.3, -0.25) is 9.51 Å². The average molecular weight is 550 g/mol. The number of nitrogens with zero attached hydrogens (tertiary/aromatic N) is 5. The Labute approximate surface area is 230 Å². The summed E-state index contributed by atoms with van der Waals surface area (Å²) in [6.07, 6.45) is 9.12. The highest BCUT2D eigenvalue weighted by molar-refractivity contribution is 5.86. The number of halogens is 2. The van der Waals surface area contributed by atoms with Crippen LogP contribution in [0.5, 0.6) is 0 Å². The highest BCUT2D eigenvalue weighted by Gasteiger charge is 2.41. The number of hydrogen-bond acceptors (Lipinski definition) is 7. The number of H-pyrrole nitrogens is 1. The van der Waals surface area contributed by atoms with Crippen molar-refractivity contribution < 1.29 is 13.3 Å². The van der Waals surface area contributed by atoms with Crippen molar-refractivity contribution in [1.82, 2.24) is 29.7 Å². The lowest BCUT2D eigenvalue weighted by molar-refractivity contribution is 0.0283. The molecule has 40 heavy (non-hydrogen) atoms. The molecule has 0 radical (unpaired) electrons. The summed E-state index contributed by atoms with van der Waals surface area (Å²) in [6.45, 7) is 6.38. The summed E-state index contributed by atoms with van der Waals surface area (Å²) in [4.78, 5) is 27.7. The molecule has 2 N–H and O–H groups in total. The standard InChI is InChI=1S/C29H33F2N7O2/c1-3-18-12-14-19(15-13-18)16-38-22-23(32-17(2)20-8-7-9-20)33-25(26-36-28(39)40-37-26)34-24(22)35-27(38)29(30,31)21-10-5-4-6-11-21/h3-6,10-11,17-20H,1,7-9,12-16H2,2H3,(H,32,33,34)(H,36,37,39). The van der Waals surface area contributed by atoms with Crippen molar-refractivity contribution in [2.24, 2.45) is 17.8 Å². The summed E-state index contributed by atoms with van der Waals surface area (Å²) in [6, 6.07) is 7.78. The molecule has 6 rings (SSSR count). The van der Waals surface area contributed by atoms with Gasteiger partial charge in [0.25, 0.3) is 0 Å². The fourth-order valence-corrected chi connectivity index (χ4v) is 5.90. The number of benzene rings is 1. The van der Waals surface area contributed by atoms with Crippen LogP contribution in [0.4, 0.5) is 14.6 Å². The SMILES string of the molecule is C=CC1CCC(Cn2c(C(F)(F)c3ccccc3)nc3nc(-c4noc(=O)[nH]4)nc(NC(C)C4CCC4)c32)CC1. The van der Waals surface area contributed by atoms with Crippen LogP contribution in [-0.2, 0) is 12.5 Å². The molecule has 4 aromatic rings. The molecule has 2 fully saturated rings. The number of allylic oxidation sites excluding steroid dienone is 1. The number of anilines is 1. The number of nitrogens with one attached hydrogen (secondary N) is 2. The molecule has 2 saturated carbocycles. The summed E-state index contributed by atoms with van der Waals surface area (Å²) < 4.78 is 38.7. The maximum atomic E-state index is 16.2. The average Bonchev–Trinajstić information content (AvgIpc) is 3.53. The zero-order chi connectivity index (χ0) is 27.9. The molecular formula is C29H33F2N7O2. The molecule has 0 spiro atoms. The Bertz CT molecular complexity index is 1550. The summed E-state index contributed by atoms with van der Waals surface area (Å²) in [5, 5.41) is 7.20. The Morgan fingerprint density at radius 3 is 2.52 bits per heavy atom. The van der Waals surface area contributed by atoms with Crippen LogP contribution in [0.3, 0.4) is 0 Å². The molecule has 2 aliphatic carbocycles. The van der Waals surface area contributed by atoms with Crippen molar-refractivity contribution in [3.05, 3.63) is 64.9 Å². The lowest BCUT2D eigenvalue weighted by Crippen LogP contribution is -2.31. The van der Waals surface area contributed by atoms with Gasteiger partial charge in [-0.15, -0.1) is 6.58 Å². The van der Waals surface area contributed by atoms with Gasteiger partial charge in [0.1, 0.15) is 5.52 Å². The Balaban J connectivity index is 1.51. The van der Waals surface area contributed by atoms with E-state index in [1.165, 1.54) is 18.6 Å². The fourth-order valence-electron chi connectivity index (χ4n) is 5.90. The molecule has 2 aliphatic rings. The third-order valence-corrected chi connectivity index (χ3v) is 8.56. The van der Waals surface area contributed by atoms with Crippen LogP contribution in [-0.4, -0.2) is 35.7 Å². The van der Waals surface area contributed by atoms with Gasteiger partial charge >= 0.3 is 11.7 Å². The Morgan fingerprint density at radius 1 is 1.15 bits per heavy atom. The number of fused-ring (bicyclic) bond motifs is 1. The van der Waals surface area contributed by atoms with Gasteiger partial charge in [-0.1, -0.05) is 48.0 Å². The van der Waals surface area contributed by atoms with Crippen molar-refractivity contribution in [1.29, 1.82) is 0 Å². The number of imidazole rings is 1. The topological polar surface area (TPSA) is 115 Å². The lowest BCUT2D eigenvalue weighted by Gasteiger charge is -2.32.